The summed E-state index contributed by atoms with van der Waals surface area (Å²) in [6, 6.07) is 11.9. The Morgan fingerprint density at radius 2 is 2.10 bits per heavy atom. The number of hydrogen-bond donors (Lipinski definition) is 2. The highest BCUT2D eigenvalue weighted by molar-refractivity contribution is 7.14. The van der Waals surface area contributed by atoms with Crippen molar-refractivity contribution in [1.82, 2.24) is 9.97 Å². The number of nitrogen functional groups attached to an aromatic ring is 1. The maximum Gasteiger partial charge on any atom is 0.187 e. The second-order valence-electron chi connectivity index (χ2n) is 4.50. The Morgan fingerprint density at radius 3 is 2.90 bits per heavy atom. The average Bonchev–Trinajstić information content (AvgIpc) is 2.87. The zero-order valence-corrected chi connectivity index (χ0v) is 11.8. The summed E-state index contributed by atoms with van der Waals surface area (Å²) in [4.78, 5) is 8.56. The van der Waals surface area contributed by atoms with Crippen LogP contribution in [0.5, 0.6) is 0 Å². The third kappa shape index (κ3) is 2.78. The second kappa shape index (κ2) is 5.30. The molecule has 0 atom stereocenters. The molecule has 0 saturated carbocycles. The van der Waals surface area contributed by atoms with E-state index in [2.05, 4.69) is 34.3 Å². The van der Waals surface area contributed by atoms with Gasteiger partial charge in [0.2, 0.25) is 0 Å². The lowest BCUT2D eigenvalue weighted by atomic mass is 10.2. The molecule has 2 aromatic heterocycles. The van der Waals surface area contributed by atoms with Crippen LogP contribution in [0, 0.1) is 6.92 Å². The van der Waals surface area contributed by atoms with Gasteiger partial charge < -0.3 is 11.1 Å². The Hall–Kier alpha value is -2.40. The van der Waals surface area contributed by atoms with Crippen LogP contribution in [0.1, 0.15) is 5.56 Å². The summed E-state index contributed by atoms with van der Waals surface area (Å²) >= 11 is 1.57. The number of aryl methyl sites for hydroxylation is 1. The molecule has 3 rings (SSSR count). The molecule has 3 aromatic rings. The maximum absolute atomic E-state index is 5.69. The third-order valence-corrected chi connectivity index (χ3v) is 3.61. The predicted molar refractivity (Wildman–Crippen MR) is 84.2 cm³/mol. The normalized spacial score (nSPS) is 10.4. The van der Waals surface area contributed by atoms with Crippen LogP contribution in [0.2, 0.25) is 0 Å². The Bertz CT molecular complexity index is 736. The molecule has 0 aliphatic carbocycles. The number of benzene rings is 1. The van der Waals surface area contributed by atoms with E-state index in [1.807, 2.05) is 29.6 Å². The van der Waals surface area contributed by atoms with Crippen molar-refractivity contribution in [2.75, 3.05) is 11.1 Å². The predicted octanol–water partition coefficient (Wildman–Crippen LogP) is 3.84. The number of rotatable bonds is 3. The van der Waals surface area contributed by atoms with Crippen LogP contribution >= 0.6 is 11.3 Å². The van der Waals surface area contributed by atoms with Gasteiger partial charge in [0.15, 0.2) is 5.13 Å². The minimum atomic E-state index is 0.503. The van der Waals surface area contributed by atoms with Crippen molar-refractivity contribution >= 4 is 28.0 Å². The van der Waals surface area contributed by atoms with Crippen LogP contribution in [0.4, 0.5) is 16.6 Å². The van der Waals surface area contributed by atoms with Crippen molar-refractivity contribution in [3.05, 3.63) is 53.5 Å². The largest absolute Gasteiger partial charge is 0.384 e. The summed E-state index contributed by atoms with van der Waals surface area (Å²) in [5.74, 6) is 0.503. The van der Waals surface area contributed by atoms with Crippen LogP contribution in [0.3, 0.4) is 0 Å². The molecular weight excluding hydrogens is 268 g/mol. The first kappa shape index (κ1) is 12.6. The fourth-order valence-electron chi connectivity index (χ4n) is 1.92. The van der Waals surface area contributed by atoms with Crippen molar-refractivity contribution < 1.29 is 0 Å². The molecule has 0 amide bonds. The van der Waals surface area contributed by atoms with Crippen molar-refractivity contribution in [2.45, 2.75) is 6.92 Å². The van der Waals surface area contributed by atoms with Gasteiger partial charge in [0, 0.05) is 22.8 Å². The first-order valence-corrected chi connectivity index (χ1v) is 7.10. The minimum absolute atomic E-state index is 0.503. The summed E-state index contributed by atoms with van der Waals surface area (Å²) in [5.41, 5.74) is 9.83. The number of aromatic nitrogens is 2. The number of nitrogens with zero attached hydrogens (tertiary/aromatic N) is 2. The number of nitrogens with two attached hydrogens (primary N) is 1. The van der Waals surface area contributed by atoms with E-state index in [1.54, 1.807) is 17.5 Å². The van der Waals surface area contributed by atoms with Gasteiger partial charge in [-0.2, -0.15) is 0 Å². The monoisotopic (exact) mass is 282 g/mol. The Labute approximate surface area is 121 Å². The lowest BCUT2D eigenvalue weighted by Gasteiger charge is -2.03. The molecular formula is C15H14N4S. The van der Waals surface area contributed by atoms with Crippen molar-refractivity contribution in [3.8, 4) is 11.3 Å². The third-order valence-electron chi connectivity index (χ3n) is 2.85. The Balaban J connectivity index is 1.84. The van der Waals surface area contributed by atoms with Crippen LogP contribution in [0.15, 0.2) is 48.0 Å². The minimum Gasteiger partial charge on any atom is -0.384 e. The number of anilines is 3. The highest BCUT2D eigenvalue weighted by Crippen LogP contribution is 2.27. The molecule has 0 spiro atoms. The van der Waals surface area contributed by atoms with Crippen LogP contribution in [-0.2, 0) is 0 Å². The van der Waals surface area contributed by atoms with E-state index in [-0.39, 0.29) is 0 Å². The molecule has 4 nitrogen and oxygen atoms in total. The summed E-state index contributed by atoms with van der Waals surface area (Å²) < 4.78 is 0. The molecule has 0 aliphatic heterocycles. The first-order valence-electron chi connectivity index (χ1n) is 6.22. The Kier molecular flexibility index (Phi) is 3.35. The lowest BCUT2D eigenvalue weighted by molar-refractivity contribution is 1.32. The van der Waals surface area contributed by atoms with Gasteiger partial charge >= 0.3 is 0 Å². The van der Waals surface area contributed by atoms with E-state index in [9.17, 15) is 0 Å². The van der Waals surface area contributed by atoms with Crippen molar-refractivity contribution in [2.24, 2.45) is 0 Å². The van der Waals surface area contributed by atoms with E-state index in [0.29, 0.717) is 5.82 Å². The zero-order valence-electron chi connectivity index (χ0n) is 11.0. The SMILES string of the molecule is Cc1cccc(Nc2nc(-c3ccnc(N)c3)cs2)c1. The molecule has 0 bridgehead atoms. The summed E-state index contributed by atoms with van der Waals surface area (Å²) in [5, 5.41) is 6.18. The smallest absolute Gasteiger partial charge is 0.187 e. The quantitative estimate of drug-likeness (QED) is 0.766. The van der Waals surface area contributed by atoms with Crippen molar-refractivity contribution in [3.63, 3.8) is 0 Å². The molecule has 0 saturated heterocycles. The van der Waals surface area contributed by atoms with Gasteiger partial charge in [0.25, 0.3) is 0 Å². The lowest BCUT2D eigenvalue weighted by Crippen LogP contribution is -1.91. The first-order chi connectivity index (χ1) is 9.70. The standard InChI is InChI=1S/C15H14N4S/c1-10-3-2-4-12(7-10)18-15-19-13(9-20-15)11-5-6-17-14(16)8-11/h2-9H,1H3,(H2,16,17)(H,18,19). The number of nitrogens with one attached hydrogen (secondary N) is 1. The molecule has 5 heteroatoms. The van der Waals surface area contributed by atoms with Crippen LogP contribution in [0.25, 0.3) is 11.3 Å². The number of hydrogen-bond acceptors (Lipinski definition) is 5. The van der Waals surface area contributed by atoms with E-state index < -0.39 is 0 Å². The van der Waals surface area contributed by atoms with Gasteiger partial charge in [0.05, 0.1) is 5.69 Å². The molecule has 2 heterocycles. The molecule has 3 N–H and O–H groups in total. The van der Waals surface area contributed by atoms with E-state index in [0.717, 1.165) is 22.1 Å². The molecule has 1 aromatic carbocycles. The van der Waals surface area contributed by atoms with Gasteiger partial charge in [-0.05, 0) is 36.8 Å². The number of thiazole rings is 1. The van der Waals surface area contributed by atoms with Gasteiger partial charge in [-0.3, -0.25) is 0 Å². The maximum atomic E-state index is 5.69. The highest BCUT2D eigenvalue weighted by atomic mass is 32.1. The van der Waals surface area contributed by atoms with Gasteiger partial charge in [0.1, 0.15) is 5.82 Å². The van der Waals surface area contributed by atoms with Gasteiger partial charge in [-0.25, -0.2) is 9.97 Å². The zero-order chi connectivity index (χ0) is 13.9. The second-order valence-corrected chi connectivity index (χ2v) is 5.36. The summed E-state index contributed by atoms with van der Waals surface area (Å²) in [6.45, 7) is 2.07. The fraction of sp³-hybridized carbons (Fsp3) is 0.0667. The summed E-state index contributed by atoms with van der Waals surface area (Å²) in [7, 11) is 0. The molecule has 100 valence electrons. The number of pyridine rings is 1. The van der Waals surface area contributed by atoms with Crippen LogP contribution < -0.4 is 11.1 Å². The van der Waals surface area contributed by atoms with E-state index >= 15 is 0 Å². The molecule has 0 fully saturated rings. The van der Waals surface area contributed by atoms with E-state index in [4.69, 9.17) is 5.73 Å². The topological polar surface area (TPSA) is 63.8 Å². The fourth-order valence-corrected chi connectivity index (χ4v) is 2.66. The molecule has 0 unspecified atom stereocenters. The highest BCUT2D eigenvalue weighted by Gasteiger charge is 2.05. The van der Waals surface area contributed by atoms with Gasteiger partial charge in [-0.1, -0.05) is 12.1 Å². The van der Waals surface area contributed by atoms with Crippen LogP contribution in [-0.4, -0.2) is 9.97 Å². The molecule has 0 aliphatic rings. The molecule has 0 radical (unpaired) electrons. The van der Waals surface area contributed by atoms with E-state index in [1.165, 1.54) is 5.56 Å². The molecule has 20 heavy (non-hydrogen) atoms. The average molecular weight is 282 g/mol. The summed E-state index contributed by atoms with van der Waals surface area (Å²) in [6.07, 6.45) is 1.69. The Morgan fingerprint density at radius 1 is 1.20 bits per heavy atom. The van der Waals surface area contributed by atoms with Crippen molar-refractivity contribution in [1.29, 1.82) is 0 Å². The van der Waals surface area contributed by atoms with Gasteiger partial charge in [-0.15, -0.1) is 11.3 Å².